The van der Waals surface area contributed by atoms with Crippen molar-refractivity contribution in [2.45, 2.75) is 18.6 Å². The SMILES string of the molecule is CN(C)C(=O)CN1CC[C@@H](NC(=O)c2ccc3nccnc3c2)[C@H](O)C1. The molecule has 3 rings (SSSR count). The number of hydrogen-bond acceptors (Lipinski definition) is 6. The summed E-state index contributed by atoms with van der Waals surface area (Å²) in [4.78, 5) is 36.1. The number of amides is 2. The normalized spacial score (nSPS) is 20.7. The van der Waals surface area contributed by atoms with Crippen LogP contribution < -0.4 is 5.32 Å². The number of nitrogens with one attached hydrogen (secondary N) is 1. The van der Waals surface area contributed by atoms with Crippen LogP contribution in [0.15, 0.2) is 30.6 Å². The van der Waals surface area contributed by atoms with Gasteiger partial charge in [0, 0.05) is 45.1 Å². The molecule has 1 aliphatic rings. The van der Waals surface area contributed by atoms with Crippen LogP contribution in [0.1, 0.15) is 16.8 Å². The van der Waals surface area contributed by atoms with E-state index >= 15 is 0 Å². The summed E-state index contributed by atoms with van der Waals surface area (Å²) in [7, 11) is 3.42. The van der Waals surface area contributed by atoms with Crippen molar-refractivity contribution in [1.82, 2.24) is 25.1 Å². The van der Waals surface area contributed by atoms with Crippen LogP contribution in [0.25, 0.3) is 11.0 Å². The second-order valence-electron chi connectivity index (χ2n) is 6.72. The van der Waals surface area contributed by atoms with Gasteiger partial charge in [-0.15, -0.1) is 0 Å². The molecule has 0 spiro atoms. The van der Waals surface area contributed by atoms with Gasteiger partial charge in [-0.05, 0) is 24.6 Å². The van der Waals surface area contributed by atoms with Crippen LogP contribution in [0.5, 0.6) is 0 Å². The van der Waals surface area contributed by atoms with Crippen LogP contribution in [0, 0.1) is 0 Å². The van der Waals surface area contributed by atoms with Crippen molar-refractivity contribution in [2.75, 3.05) is 33.7 Å². The Morgan fingerprint density at radius 2 is 2.00 bits per heavy atom. The van der Waals surface area contributed by atoms with Crippen LogP contribution in [0.3, 0.4) is 0 Å². The number of β-amino-alcohol motifs (C(OH)–C–C–N with tert-alkyl or cyclic N) is 1. The van der Waals surface area contributed by atoms with E-state index in [-0.39, 0.29) is 24.4 Å². The zero-order chi connectivity index (χ0) is 18.7. The molecule has 2 heterocycles. The Morgan fingerprint density at radius 3 is 2.69 bits per heavy atom. The highest BCUT2D eigenvalue weighted by molar-refractivity contribution is 5.97. The van der Waals surface area contributed by atoms with E-state index in [1.54, 1.807) is 44.7 Å². The highest BCUT2D eigenvalue weighted by atomic mass is 16.3. The van der Waals surface area contributed by atoms with Gasteiger partial charge in [-0.1, -0.05) is 0 Å². The lowest BCUT2D eigenvalue weighted by atomic mass is 10.0. The average Bonchev–Trinajstić information content (AvgIpc) is 2.63. The number of aliphatic hydroxyl groups is 1. The molecule has 2 amide bonds. The van der Waals surface area contributed by atoms with Crippen molar-refractivity contribution in [3.05, 3.63) is 36.2 Å². The first kappa shape index (κ1) is 18.2. The van der Waals surface area contributed by atoms with Crippen LogP contribution in [-0.2, 0) is 4.79 Å². The molecule has 1 fully saturated rings. The van der Waals surface area contributed by atoms with Crippen molar-refractivity contribution in [2.24, 2.45) is 0 Å². The van der Waals surface area contributed by atoms with E-state index in [0.717, 1.165) is 5.52 Å². The molecule has 0 saturated carbocycles. The predicted molar refractivity (Wildman–Crippen MR) is 96.6 cm³/mol. The van der Waals surface area contributed by atoms with Gasteiger partial charge in [0.15, 0.2) is 0 Å². The fourth-order valence-electron chi connectivity index (χ4n) is 3.00. The number of carbonyl (C=O) groups excluding carboxylic acids is 2. The fraction of sp³-hybridized carbons (Fsp3) is 0.444. The second-order valence-corrected chi connectivity index (χ2v) is 6.72. The van der Waals surface area contributed by atoms with Gasteiger partial charge in [-0.2, -0.15) is 0 Å². The number of fused-ring (bicyclic) bond motifs is 1. The van der Waals surface area contributed by atoms with Gasteiger partial charge in [0.2, 0.25) is 5.91 Å². The minimum absolute atomic E-state index is 0.00282. The van der Waals surface area contributed by atoms with Crippen molar-refractivity contribution < 1.29 is 14.7 Å². The Labute approximate surface area is 151 Å². The molecule has 0 aliphatic carbocycles. The fourth-order valence-corrected chi connectivity index (χ4v) is 3.00. The maximum atomic E-state index is 12.5. The zero-order valence-corrected chi connectivity index (χ0v) is 14.9. The molecule has 2 aromatic rings. The Hall–Kier alpha value is -2.58. The Balaban J connectivity index is 1.60. The van der Waals surface area contributed by atoms with Crippen molar-refractivity contribution in [1.29, 1.82) is 0 Å². The van der Waals surface area contributed by atoms with Crippen molar-refractivity contribution in [3.63, 3.8) is 0 Å². The Morgan fingerprint density at radius 1 is 1.27 bits per heavy atom. The Kier molecular flexibility index (Phi) is 5.43. The number of aliphatic hydroxyl groups excluding tert-OH is 1. The van der Waals surface area contributed by atoms with E-state index in [9.17, 15) is 14.7 Å². The number of rotatable bonds is 4. The molecule has 26 heavy (non-hydrogen) atoms. The van der Waals surface area contributed by atoms with Crippen LogP contribution in [0.2, 0.25) is 0 Å². The van der Waals surface area contributed by atoms with E-state index in [0.29, 0.717) is 30.6 Å². The minimum atomic E-state index is -0.720. The maximum absolute atomic E-state index is 12.5. The number of aromatic nitrogens is 2. The number of benzene rings is 1. The number of likely N-dealkylation sites (N-methyl/N-ethyl adjacent to an activating group) is 1. The Bertz CT molecular complexity index is 810. The largest absolute Gasteiger partial charge is 0.390 e. The molecule has 8 nitrogen and oxygen atoms in total. The van der Waals surface area contributed by atoms with Gasteiger partial charge in [0.1, 0.15) is 0 Å². The number of hydrogen-bond donors (Lipinski definition) is 2. The van der Waals surface area contributed by atoms with E-state index in [2.05, 4.69) is 15.3 Å². The van der Waals surface area contributed by atoms with Crippen LogP contribution >= 0.6 is 0 Å². The van der Waals surface area contributed by atoms with Crippen LogP contribution in [0.4, 0.5) is 0 Å². The van der Waals surface area contributed by atoms with Gasteiger partial charge in [0.25, 0.3) is 5.91 Å². The first-order chi connectivity index (χ1) is 12.4. The summed E-state index contributed by atoms with van der Waals surface area (Å²) in [5.74, 6) is -0.253. The predicted octanol–water partition coefficient (Wildman–Crippen LogP) is -0.117. The van der Waals surface area contributed by atoms with Gasteiger partial charge in [-0.25, -0.2) is 0 Å². The molecule has 1 aliphatic heterocycles. The molecular formula is C18H23N5O3. The minimum Gasteiger partial charge on any atom is -0.390 e. The maximum Gasteiger partial charge on any atom is 0.251 e. The standard InChI is InChI=1S/C18H23N5O3/c1-22(2)17(25)11-23-8-5-14(16(24)10-23)21-18(26)12-3-4-13-15(9-12)20-7-6-19-13/h3-4,6-7,9,14,16,24H,5,8,10-11H2,1-2H3,(H,21,26)/t14-,16-/m1/s1. The summed E-state index contributed by atoms with van der Waals surface area (Å²) in [5, 5.41) is 13.2. The molecule has 8 heteroatoms. The summed E-state index contributed by atoms with van der Waals surface area (Å²) in [6, 6.07) is 4.80. The highest BCUT2D eigenvalue weighted by Crippen LogP contribution is 2.14. The molecular weight excluding hydrogens is 334 g/mol. The number of nitrogens with zero attached hydrogens (tertiary/aromatic N) is 4. The molecule has 138 valence electrons. The summed E-state index contributed by atoms with van der Waals surface area (Å²) in [5.41, 5.74) is 1.86. The molecule has 1 saturated heterocycles. The van der Waals surface area contributed by atoms with Gasteiger partial charge < -0.3 is 15.3 Å². The first-order valence-electron chi connectivity index (χ1n) is 8.56. The number of piperidine rings is 1. The molecule has 1 aromatic carbocycles. The number of likely N-dealkylation sites (tertiary alicyclic amines) is 1. The summed E-state index contributed by atoms with van der Waals surface area (Å²) < 4.78 is 0. The van der Waals surface area contributed by atoms with Crippen molar-refractivity contribution >= 4 is 22.8 Å². The number of carbonyl (C=O) groups is 2. The molecule has 1 aromatic heterocycles. The van der Waals surface area contributed by atoms with E-state index in [1.165, 1.54) is 4.90 Å². The van der Waals surface area contributed by atoms with Crippen LogP contribution in [-0.4, -0.2) is 82.6 Å². The summed E-state index contributed by atoms with van der Waals surface area (Å²) >= 11 is 0. The van der Waals surface area contributed by atoms with E-state index < -0.39 is 6.10 Å². The zero-order valence-electron chi connectivity index (χ0n) is 14.9. The topological polar surface area (TPSA) is 98.7 Å². The molecule has 2 N–H and O–H groups in total. The van der Waals surface area contributed by atoms with Crippen molar-refractivity contribution in [3.8, 4) is 0 Å². The van der Waals surface area contributed by atoms with Gasteiger partial charge in [-0.3, -0.25) is 24.5 Å². The monoisotopic (exact) mass is 357 g/mol. The lowest BCUT2D eigenvalue weighted by Crippen LogP contribution is -2.55. The first-order valence-corrected chi connectivity index (χ1v) is 8.56. The third kappa shape index (κ3) is 4.14. The second kappa shape index (κ2) is 7.76. The molecule has 0 bridgehead atoms. The molecule has 0 radical (unpaired) electrons. The lowest BCUT2D eigenvalue weighted by molar-refractivity contribution is -0.130. The highest BCUT2D eigenvalue weighted by Gasteiger charge is 2.30. The molecule has 2 atom stereocenters. The quantitative estimate of drug-likeness (QED) is 0.792. The smallest absolute Gasteiger partial charge is 0.251 e. The third-order valence-corrected chi connectivity index (χ3v) is 4.57. The molecule has 0 unspecified atom stereocenters. The van der Waals surface area contributed by atoms with Gasteiger partial charge in [0.05, 0.1) is 29.7 Å². The summed E-state index contributed by atoms with van der Waals surface area (Å²) in [6.45, 7) is 1.27. The lowest BCUT2D eigenvalue weighted by Gasteiger charge is -2.36. The average molecular weight is 357 g/mol. The van der Waals surface area contributed by atoms with Gasteiger partial charge >= 0.3 is 0 Å². The van der Waals surface area contributed by atoms with E-state index in [1.807, 2.05) is 4.90 Å². The van der Waals surface area contributed by atoms with E-state index in [4.69, 9.17) is 0 Å². The third-order valence-electron chi connectivity index (χ3n) is 4.57. The summed E-state index contributed by atoms with van der Waals surface area (Å²) in [6.07, 6.45) is 3.05.